The molecule has 0 unspecified atom stereocenters. The summed E-state index contributed by atoms with van der Waals surface area (Å²) < 4.78 is 0. The first kappa shape index (κ1) is 14.1. The first-order valence-corrected chi connectivity index (χ1v) is 6.64. The Labute approximate surface area is 123 Å². The van der Waals surface area contributed by atoms with Gasteiger partial charge in [-0.15, -0.1) is 0 Å². The Bertz CT molecular complexity index is 587. The molecule has 1 atom stereocenters. The van der Waals surface area contributed by atoms with Gasteiger partial charge < -0.3 is 5.32 Å². The van der Waals surface area contributed by atoms with Crippen molar-refractivity contribution >= 4 is 23.2 Å². The fraction of sp³-hybridized carbons (Fsp3) is 0.133. The largest absolute Gasteiger partial charge is 0.331 e. The standard InChI is InChI=1S/C15H15N3OS/c1-11(12-6-3-2-4-7-12)17-15(19)18-14(20)13-8-5-9-16-10-13/h2-11H,1H3,(H2,17,18,19,20)/t11-/m1/s1. The number of rotatable bonds is 3. The van der Waals surface area contributed by atoms with E-state index in [-0.39, 0.29) is 12.1 Å². The van der Waals surface area contributed by atoms with E-state index in [0.717, 1.165) is 5.56 Å². The van der Waals surface area contributed by atoms with Crippen LogP contribution in [0.5, 0.6) is 0 Å². The average molecular weight is 285 g/mol. The summed E-state index contributed by atoms with van der Waals surface area (Å²) >= 11 is 5.15. The van der Waals surface area contributed by atoms with E-state index in [2.05, 4.69) is 15.6 Å². The summed E-state index contributed by atoms with van der Waals surface area (Å²) in [6.45, 7) is 1.92. The molecule has 1 aromatic heterocycles. The third kappa shape index (κ3) is 3.86. The van der Waals surface area contributed by atoms with Crippen molar-refractivity contribution in [3.63, 3.8) is 0 Å². The van der Waals surface area contributed by atoms with Crippen LogP contribution in [0.4, 0.5) is 4.79 Å². The SMILES string of the molecule is C[C@@H](NC(=O)NC(=S)c1cccnc1)c1ccccc1. The zero-order valence-electron chi connectivity index (χ0n) is 11.0. The maximum Gasteiger partial charge on any atom is 0.320 e. The van der Waals surface area contributed by atoms with Crippen LogP contribution in [0.15, 0.2) is 54.9 Å². The number of carbonyl (C=O) groups is 1. The topological polar surface area (TPSA) is 54.0 Å². The lowest BCUT2D eigenvalue weighted by molar-refractivity contribution is 0.242. The molecule has 0 radical (unpaired) electrons. The number of hydrogen-bond acceptors (Lipinski definition) is 3. The second-order valence-corrected chi connectivity index (χ2v) is 4.71. The average Bonchev–Trinajstić information content (AvgIpc) is 2.49. The lowest BCUT2D eigenvalue weighted by atomic mass is 10.1. The summed E-state index contributed by atoms with van der Waals surface area (Å²) in [5.41, 5.74) is 1.75. The molecule has 1 aromatic carbocycles. The Morgan fingerprint density at radius 3 is 2.60 bits per heavy atom. The second-order valence-electron chi connectivity index (χ2n) is 4.30. The van der Waals surface area contributed by atoms with Gasteiger partial charge in [-0.05, 0) is 24.6 Å². The van der Waals surface area contributed by atoms with Crippen LogP contribution >= 0.6 is 12.2 Å². The van der Waals surface area contributed by atoms with Crippen molar-refractivity contribution < 1.29 is 4.79 Å². The van der Waals surface area contributed by atoms with E-state index >= 15 is 0 Å². The third-order valence-electron chi connectivity index (χ3n) is 2.80. The van der Waals surface area contributed by atoms with Crippen molar-refractivity contribution in [2.24, 2.45) is 0 Å². The van der Waals surface area contributed by atoms with Gasteiger partial charge in [0.05, 0.1) is 6.04 Å². The van der Waals surface area contributed by atoms with E-state index in [1.807, 2.05) is 37.3 Å². The molecular formula is C15H15N3OS. The summed E-state index contributed by atoms with van der Waals surface area (Å²) in [6.07, 6.45) is 3.27. The monoisotopic (exact) mass is 285 g/mol. The molecule has 0 aliphatic heterocycles. The molecule has 0 spiro atoms. The molecule has 0 saturated heterocycles. The highest BCUT2D eigenvalue weighted by Crippen LogP contribution is 2.10. The van der Waals surface area contributed by atoms with Crippen molar-refractivity contribution in [1.29, 1.82) is 0 Å². The summed E-state index contributed by atoms with van der Waals surface area (Å²) in [7, 11) is 0. The minimum atomic E-state index is -0.324. The van der Waals surface area contributed by atoms with Gasteiger partial charge in [-0.25, -0.2) is 4.79 Å². The molecule has 0 bridgehead atoms. The molecule has 20 heavy (non-hydrogen) atoms. The molecule has 1 heterocycles. The normalized spacial score (nSPS) is 11.4. The van der Waals surface area contributed by atoms with Crippen LogP contribution in [0.1, 0.15) is 24.1 Å². The number of pyridine rings is 1. The van der Waals surface area contributed by atoms with Gasteiger partial charge >= 0.3 is 6.03 Å². The van der Waals surface area contributed by atoms with Gasteiger partial charge in [0, 0.05) is 18.0 Å². The number of benzene rings is 1. The van der Waals surface area contributed by atoms with Crippen LogP contribution in [-0.4, -0.2) is 16.0 Å². The summed E-state index contributed by atoms with van der Waals surface area (Å²) in [4.78, 5) is 16.2. The van der Waals surface area contributed by atoms with Crippen LogP contribution in [0, 0.1) is 0 Å². The Kier molecular flexibility index (Phi) is 4.79. The van der Waals surface area contributed by atoms with Gasteiger partial charge in [0.25, 0.3) is 0 Å². The zero-order valence-corrected chi connectivity index (χ0v) is 11.9. The van der Waals surface area contributed by atoms with Crippen LogP contribution in [0.25, 0.3) is 0 Å². The smallest absolute Gasteiger partial charge is 0.320 e. The van der Waals surface area contributed by atoms with E-state index in [9.17, 15) is 4.79 Å². The predicted octanol–water partition coefficient (Wildman–Crippen LogP) is 2.82. The van der Waals surface area contributed by atoms with Gasteiger partial charge in [-0.1, -0.05) is 42.5 Å². The van der Waals surface area contributed by atoms with Gasteiger partial charge in [-0.2, -0.15) is 0 Å². The third-order valence-corrected chi connectivity index (χ3v) is 3.14. The van der Waals surface area contributed by atoms with Gasteiger partial charge in [0.2, 0.25) is 0 Å². The van der Waals surface area contributed by atoms with Crippen LogP contribution < -0.4 is 10.6 Å². The number of hydrogen-bond donors (Lipinski definition) is 2. The minimum absolute atomic E-state index is 0.0899. The molecule has 0 aliphatic carbocycles. The molecule has 4 nitrogen and oxygen atoms in total. The molecular weight excluding hydrogens is 270 g/mol. The van der Waals surface area contributed by atoms with E-state index < -0.39 is 0 Å². The zero-order chi connectivity index (χ0) is 14.4. The van der Waals surface area contributed by atoms with Crippen molar-refractivity contribution in [3.05, 3.63) is 66.0 Å². The summed E-state index contributed by atoms with van der Waals surface area (Å²) in [6, 6.07) is 12.9. The number of amides is 2. The molecule has 2 amide bonds. The molecule has 0 aliphatic rings. The number of carbonyl (C=O) groups excluding carboxylic acids is 1. The molecule has 5 heteroatoms. The molecule has 0 fully saturated rings. The van der Waals surface area contributed by atoms with E-state index in [0.29, 0.717) is 10.6 Å². The quantitative estimate of drug-likeness (QED) is 0.853. The van der Waals surface area contributed by atoms with Gasteiger partial charge in [0.15, 0.2) is 0 Å². The Morgan fingerprint density at radius 2 is 1.95 bits per heavy atom. The maximum absolute atomic E-state index is 11.9. The van der Waals surface area contributed by atoms with E-state index in [1.165, 1.54) is 0 Å². The summed E-state index contributed by atoms with van der Waals surface area (Å²) in [5.74, 6) is 0. The molecule has 2 rings (SSSR count). The predicted molar refractivity (Wildman–Crippen MR) is 82.5 cm³/mol. The van der Waals surface area contributed by atoms with Crippen molar-refractivity contribution in [2.75, 3.05) is 0 Å². The minimum Gasteiger partial charge on any atom is -0.331 e. The second kappa shape index (κ2) is 6.77. The first-order valence-electron chi connectivity index (χ1n) is 6.23. The highest BCUT2D eigenvalue weighted by Gasteiger charge is 2.10. The van der Waals surface area contributed by atoms with E-state index in [1.54, 1.807) is 24.5 Å². The fourth-order valence-corrected chi connectivity index (χ4v) is 1.94. The fourth-order valence-electron chi connectivity index (χ4n) is 1.73. The van der Waals surface area contributed by atoms with Crippen molar-refractivity contribution in [3.8, 4) is 0 Å². The van der Waals surface area contributed by atoms with Crippen LogP contribution in [-0.2, 0) is 0 Å². The summed E-state index contributed by atoms with van der Waals surface area (Å²) in [5, 5.41) is 5.48. The number of nitrogens with one attached hydrogen (secondary N) is 2. The number of urea groups is 1. The molecule has 2 N–H and O–H groups in total. The Hall–Kier alpha value is -2.27. The molecule has 0 saturated carbocycles. The highest BCUT2D eigenvalue weighted by molar-refractivity contribution is 7.80. The number of nitrogens with zero attached hydrogens (tertiary/aromatic N) is 1. The first-order chi connectivity index (χ1) is 9.66. The van der Waals surface area contributed by atoms with Gasteiger partial charge in [-0.3, -0.25) is 10.3 Å². The lowest BCUT2D eigenvalue weighted by Crippen LogP contribution is -2.40. The molecule has 2 aromatic rings. The molecule has 102 valence electrons. The van der Waals surface area contributed by atoms with Gasteiger partial charge in [0.1, 0.15) is 4.99 Å². The van der Waals surface area contributed by atoms with E-state index in [4.69, 9.17) is 12.2 Å². The van der Waals surface area contributed by atoms with Crippen LogP contribution in [0.3, 0.4) is 0 Å². The number of thiocarbonyl (C=S) groups is 1. The van der Waals surface area contributed by atoms with Crippen LogP contribution in [0.2, 0.25) is 0 Å². The maximum atomic E-state index is 11.9. The highest BCUT2D eigenvalue weighted by atomic mass is 32.1. The van der Waals surface area contributed by atoms with Crippen molar-refractivity contribution in [2.45, 2.75) is 13.0 Å². The van der Waals surface area contributed by atoms with Crippen molar-refractivity contribution in [1.82, 2.24) is 15.6 Å². The number of aromatic nitrogens is 1. The Morgan fingerprint density at radius 1 is 1.20 bits per heavy atom. The lowest BCUT2D eigenvalue weighted by Gasteiger charge is -2.15. The Balaban J connectivity index is 1.91.